The third-order valence-corrected chi connectivity index (χ3v) is 4.82. The largest absolute Gasteiger partial charge is 0.368 e. The van der Waals surface area contributed by atoms with E-state index in [4.69, 9.17) is 5.73 Å². The zero-order chi connectivity index (χ0) is 18.3. The monoisotopic (exact) mass is 354 g/mol. The lowest BCUT2D eigenvalue weighted by Gasteiger charge is -2.28. The summed E-state index contributed by atoms with van der Waals surface area (Å²) >= 11 is 0. The Labute approximate surface area is 151 Å². The van der Waals surface area contributed by atoms with Crippen LogP contribution in [0.5, 0.6) is 0 Å². The van der Waals surface area contributed by atoms with Gasteiger partial charge in [0.05, 0.1) is 5.57 Å². The maximum absolute atomic E-state index is 11.8. The second-order valence-electron chi connectivity index (χ2n) is 6.84. The van der Waals surface area contributed by atoms with E-state index in [-0.39, 0.29) is 5.91 Å². The minimum atomic E-state index is -0.510. The summed E-state index contributed by atoms with van der Waals surface area (Å²) in [5.41, 5.74) is 8.76. The van der Waals surface area contributed by atoms with Crippen molar-refractivity contribution >= 4 is 29.4 Å². The number of fused-ring (bicyclic) bond motifs is 1. The van der Waals surface area contributed by atoms with Crippen LogP contribution in [-0.4, -0.2) is 37.4 Å². The molecular weight excluding hydrogens is 332 g/mol. The molecule has 0 bridgehead atoms. The molecule has 136 valence electrons. The fourth-order valence-electron chi connectivity index (χ4n) is 3.18. The highest BCUT2D eigenvalue weighted by Gasteiger charge is 2.27. The van der Waals surface area contributed by atoms with Gasteiger partial charge in [-0.25, -0.2) is 4.99 Å². The third kappa shape index (κ3) is 3.22. The molecule has 0 saturated heterocycles. The van der Waals surface area contributed by atoms with E-state index in [0.717, 1.165) is 36.2 Å². The van der Waals surface area contributed by atoms with Crippen molar-refractivity contribution in [3.63, 3.8) is 0 Å². The Balaban J connectivity index is 1.49. The summed E-state index contributed by atoms with van der Waals surface area (Å²) in [5, 5.41) is 9.79. The van der Waals surface area contributed by atoms with Crippen molar-refractivity contribution < 1.29 is 9.59 Å². The van der Waals surface area contributed by atoms with E-state index in [1.54, 1.807) is 11.9 Å². The van der Waals surface area contributed by atoms with E-state index < -0.39 is 12.2 Å². The molecule has 1 saturated carbocycles. The number of hydrogen-bond donors (Lipinski definition) is 4. The molecule has 2 heterocycles. The van der Waals surface area contributed by atoms with Crippen molar-refractivity contribution in [1.82, 2.24) is 10.6 Å². The molecule has 8 heteroatoms. The van der Waals surface area contributed by atoms with E-state index >= 15 is 0 Å². The first kappa shape index (κ1) is 16.4. The van der Waals surface area contributed by atoms with E-state index in [2.05, 4.69) is 20.9 Å². The standard InChI is InChI=1S/C18H22N6O2/c1-24-14-6-5-12(8-10(14)2-7-15(24)25)22-18-20-9-13(16(19)26)17(23-18)21-11-3-4-11/h5-6,8-9,11,18,21-23H,2-4,7H2,1H3,(H2,19,26). The van der Waals surface area contributed by atoms with Gasteiger partial charge in [0.15, 0.2) is 6.29 Å². The SMILES string of the molecule is CN1C(=O)CCc2cc(NC3N=CC(C(N)=O)=C(NC4CC4)N3)ccc21. The number of nitrogens with two attached hydrogens (primary N) is 1. The second kappa shape index (κ2) is 6.36. The van der Waals surface area contributed by atoms with Gasteiger partial charge in [-0.3, -0.25) is 9.59 Å². The second-order valence-corrected chi connectivity index (χ2v) is 6.84. The van der Waals surface area contributed by atoms with Crippen LogP contribution in [0.25, 0.3) is 0 Å². The highest BCUT2D eigenvalue weighted by atomic mass is 16.2. The fraction of sp³-hybridized carbons (Fsp3) is 0.389. The predicted molar refractivity (Wildman–Crippen MR) is 99.6 cm³/mol. The number of rotatable bonds is 5. The molecule has 1 fully saturated rings. The molecule has 0 aromatic heterocycles. The number of amides is 2. The van der Waals surface area contributed by atoms with Gasteiger partial charge in [0, 0.05) is 37.1 Å². The zero-order valence-electron chi connectivity index (χ0n) is 14.6. The van der Waals surface area contributed by atoms with Gasteiger partial charge in [-0.1, -0.05) is 0 Å². The molecule has 2 aliphatic heterocycles. The van der Waals surface area contributed by atoms with Gasteiger partial charge in [-0.05, 0) is 43.0 Å². The van der Waals surface area contributed by atoms with Crippen LogP contribution in [0.15, 0.2) is 34.6 Å². The van der Waals surface area contributed by atoms with Crippen molar-refractivity contribution in [2.45, 2.75) is 38.0 Å². The molecular formula is C18H22N6O2. The van der Waals surface area contributed by atoms with Gasteiger partial charge in [0.1, 0.15) is 5.82 Å². The smallest absolute Gasteiger partial charge is 0.253 e. The number of nitrogens with one attached hydrogen (secondary N) is 3. The number of anilines is 2. The summed E-state index contributed by atoms with van der Waals surface area (Å²) in [6.07, 6.45) is 4.53. The Morgan fingerprint density at radius 2 is 2.12 bits per heavy atom. The first-order valence-electron chi connectivity index (χ1n) is 8.77. The summed E-state index contributed by atoms with van der Waals surface area (Å²) in [6, 6.07) is 6.29. The molecule has 5 N–H and O–H groups in total. The molecule has 1 aliphatic carbocycles. The van der Waals surface area contributed by atoms with Crippen LogP contribution in [0, 0.1) is 0 Å². The van der Waals surface area contributed by atoms with E-state index in [0.29, 0.717) is 23.9 Å². The predicted octanol–water partition coefficient (Wildman–Crippen LogP) is 0.414. The molecule has 1 unspecified atom stereocenters. The molecule has 1 atom stereocenters. The van der Waals surface area contributed by atoms with E-state index in [9.17, 15) is 9.59 Å². The van der Waals surface area contributed by atoms with E-state index in [1.807, 2.05) is 18.2 Å². The van der Waals surface area contributed by atoms with Gasteiger partial charge >= 0.3 is 0 Å². The average molecular weight is 354 g/mol. The summed E-state index contributed by atoms with van der Waals surface area (Å²) < 4.78 is 0. The molecule has 4 rings (SSSR count). The van der Waals surface area contributed by atoms with Crippen LogP contribution in [-0.2, 0) is 16.0 Å². The Kier molecular flexibility index (Phi) is 4.02. The quantitative estimate of drug-likeness (QED) is 0.612. The van der Waals surface area contributed by atoms with Gasteiger partial charge in [0.2, 0.25) is 5.91 Å². The summed E-state index contributed by atoms with van der Waals surface area (Å²) in [7, 11) is 1.80. The highest BCUT2D eigenvalue weighted by Crippen LogP contribution is 2.29. The Morgan fingerprint density at radius 1 is 1.31 bits per heavy atom. The summed E-state index contributed by atoms with van der Waals surface area (Å²) in [5.74, 6) is 0.247. The lowest BCUT2D eigenvalue weighted by molar-refractivity contribution is -0.118. The minimum absolute atomic E-state index is 0.136. The maximum Gasteiger partial charge on any atom is 0.253 e. The van der Waals surface area contributed by atoms with Gasteiger partial charge < -0.3 is 26.6 Å². The number of aryl methyl sites for hydroxylation is 1. The lowest BCUT2D eigenvalue weighted by atomic mass is 10.0. The Morgan fingerprint density at radius 3 is 2.85 bits per heavy atom. The number of benzene rings is 1. The average Bonchev–Trinajstić information content (AvgIpc) is 3.42. The minimum Gasteiger partial charge on any atom is -0.368 e. The fourth-order valence-corrected chi connectivity index (χ4v) is 3.18. The Hall–Kier alpha value is -3.03. The van der Waals surface area contributed by atoms with Crippen LogP contribution in [0.2, 0.25) is 0 Å². The third-order valence-electron chi connectivity index (χ3n) is 4.82. The van der Waals surface area contributed by atoms with Crippen LogP contribution >= 0.6 is 0 Å². The number of primary amides is 1. The Bertz CT molecular complexity index is 827. The van der Waals surface area contributed by atoms with Crippen LogP contribution in [0.1, 0.15) is 24.8 Å². The van der Waals surface area contributed by atoms with Crippen LogP contribution in [0.4, 0.5) is 11.4 Å². The molecule has 2 amide bonds. The molecule has 1 aromatic rings. The normalized spacial score (nSPS) is 22.0. The number of carbonyl (C=O) groups is 2. The molecule has 8 nitrogen and oxygen atoms in total. The number of nitrogens with zero attached hydrogens (tertiary/aromatic N) is 2. The number of carbonyl (C=O) groups excluding carboxylic acids is 2. The topological polar surface area (TPSA) is 112 Å². The first-order chi connectivity index (χ1) is 12.5. The van der Waals surface area contributed by atoms with Crippen molar-refractivity contribution in [3.8, 4) is 0 Å². The van der Waals surface area contributed by atoms with Crippen molar-refractivity contribution in [2.24, 2.45) is 10.7 Å². The molecule has 0 radical (unpaired) electrons. The summed E-state index contributed by atoms with van der Waals surface area (Å²) in [4.78, 5) is 29.4. The summed E-state index contributed by atoms with van der Waals surface area (Å²) in [6.45, 7) is 0. The number of aliphatic imine (C=N–C) groups is 1. The van der Waals surface area contributed by atoms with Crippen LogP contribution < -0.4 is 26.6 Å². The highest BCUT2D eigenvalue weighted by molar-refractivity contribution is 6.12. The van der Waals surface area contributed by atoms with Crippen LogP contribution in [0.3, 0.4) is 0 Å². The van der Waals surface area contributed by atoms with Gasteiger partial charge in [0.25, 0.3) is 5.91 Å². The van der Waals surface area contributed by atoms with Gasteiger partial charge in [-0.2, -0.15) is 0 Å². The van der Waals surface area contributed by atoms with Crippen molar-refractivity contribution in [2.75, 3.05) is 17.3 Å². The molecule has 26 heavy (non-hydrogen) atoms. The first-order valence-corrected chi connectivity index (χ1v) is 8.77. The molecule has 1 aromatic carbocycles. The zero-order valence-corrected chi connectivity index (χ0v) is 14.6. The molecule has 0 spiro atoms. The van der Waals surface area contributed by atoms with E-state index in [1.165, 1.54) is 6.21 Å². The molecule has 3 aliphatic rings. The maximum atomic E-state index is 11.8. The lowest BCUT2D eigenvalue weighted by Crippen LogP contribution is -2.44. The van der Waals surface area contributed by atoms with Crippen molar-refractivity contribution in [1.29, 1.82) is 0 Å². The number of hydrogen-bond acceptors (Lipinski definition) is 6. The van der Waals surface area contributed by atoms with Gasteiger partial charge in [-0.15, -0.1) is 0 Å². The van der Waals surface area contributed by atoms with Crippen molar-refractivity contribution in [3.05, 3.63) is 35.2 Å².